The Morgan fingerprint density at radius 1 is 1.27 bits per heavy atom. The summed E-state index contributed by atoms with van der Waals surface area (Å²) in [6.45, 7) is 2.67. The molecule has 1 N–H and O–H groups in total. The van der Waals surface area contributed by atoms with Crippen LogP contribution >= 0.6 is 22.9 Å². The number of fused-ring (bicyclic) bond motifs is 2. The van der Waals surface area contributed by atoms with E-state index in [9.17, 15) is 0 Å². The molecule has 0 aliphatic rings. The van der Waals surface area contributed by atoms with Crippen molar-refractivity contribution in [2.45, 2.75) is 13.5 Å². The van der Waals surface area contributed by atoms with Gasteiger partial charge in [-0.25, -0.2) is 15.0 Å². The van der Waals surface area contributed by atoms with Crippen LogP contribution in [-0.2, 0) is 6.54 Å². The summed E-state index contributed by atoms with van der Waals surface area (Å²) in [7, 11) is 0. The summed E-state index contributed by atoms with van der Waals surface area (Å²) in [5.74, 6) is 0.837. The van der Waals surface area contributed by atoms with Crippen molar-refractivity contribution in [3.8, 4) is 0 Å². The summed E-state index contributed by atoms with van der Waals surface area (Å²) in [4.78, 5) is 15.4. The minimum atomic E-state index is 0.598. The van der Waals surface area contributed by atoms with Crippen molar-refractivity contribution < 1.29 is 0 Å². The topological polar surface area (TPSA) is 55.1 Å². The third-order valence-corrected chi connectivity index (χ3v) is 4.54. The molecule has 110 valence electrons. The first-order valence-corrected chi connectivity index (χ1v) is 7.97. The monoisotopic (exact) mass is 329 g/mol. The fraction of sp³-hybridized carbons (Fsp3) is 0.133. The highest BCUT2D eigenvalue weighted by Crippen LogP contribution is 2.27. The molecule has 0 saturated heterocycles. The van der Waals surface area contributed by atoms with Gasteiger partial charge in [-0.3, -0.25) is 0 Å². The maximum atomic E-state index is 5.99. The van der Waals surface area contributed by atoms with E-state index in [1.807, 2.05) is 28.9 Å². The van der Waals surface area contributed by atoms with E-state index in [2.05, 4.69) is 33.3 Å². The van der Waals surface area contributed by atoms with Gasteiger partial charge < -0.3 is 9.72 Å². The number of thiophene rings is 1. The summed E-state index contributed by atoms with van der Waals surface area (Å²) in [5.41, 5.74) is 1.81. The van der Waals surface area contributed by atoms with Crippen molar-refractivity contribution in [1.82, 2.24) is 19.4 Å². The van der Waals surface area contributed by atoms with Crippen molar-refractivity contribution in [3.05, 3.63) is 52.5 Å². The molecule has 4 rings (SSSR count). The summed E-state index contributed by atoms with van der Waals surface area (Å²) in [6.07, 6.45) is 5.40. The van der Waals surface area contributed by atoms with Crippen LogP contribution in [0.2, 0.25) is 5.02 Å². The summed E-state index contributed by atoms with van der Waals surface area (Å²) in [6, 6.07) is 5.84. The highest BCUT2D eigenvalue weighted by Gasteiger charge is 2.08. The first-order valence-electron chi connectivity index (χ1n) is 6.77. The second kappa shape index (κ2) is 5.23. The van der Waals surface area contributed by atoms with Crippen LogP contribution in [0, 0.1) is 6.92 Å². The fourth-order valence-corrected chi connectivity index (χ4v) is 3.41. The minimum absolute atomic E-state index is 0.598. The first kappa shape index (κ1) is 13.5. The average Bonchev–Trinajstić information content (AvgIpc) is 3.06. The normalized spacial score (nSPS) is 11.4. The fourth-order valence-electron chi connectivity index (χ4n) is 2.39. The first-order chi connectivity index (χ1) is 10.7. The molecule has 0 saturated carbocycles. The van der Waals surface area contributed by atoms with Crippen LogP contribution in [0.5, 0.6) is 0 Å². The van der Waals surface area contributed by atoms with Gasteiger partial charge in [-0.2, -0.15) is 0 Å². The Morgan fingerprint density at radius 2 is 2.18 bits per heavy atom. The highest BCUT2D eigenvalue weighted by atomic mass is 35.5. The number of nitrogens with zero attached hydrogens (tertiary/aromatic N) is 4. The van der Waals surface area contributed by atoms with Crippen LogP contribution in [-0.4, -0.2) is 19.4 Å². The summed E-state index contributed by atoms with van der Waals surface area (Å²) < 4.78 is 1.92. The Bertz CT molecular complexity index is 975. The van der Waals surface area contributed by atoms with E-state index >= 15 is 0 Å². The minimum Gasteiger partial charge on any atom is -0.364 e. The van der Waals surface area contributed by atoms with E-state index in [0.717, 1.165) is 27.4 Å². The van der Waals surface area contributed by atoms with E-state index in [4.69, 9.17) is 11.6 Å². The summed E-state index contributed by atoms with van der Waals surface area (Å²) in [5, 5.41) is 5.08. The van der Waals surface area contributed by atoms with Crippen LogP contribution in [0.25, 0.3) is 15.9 Å². The quantitative estimate of drug-likeness (QED) is 0.619. The molecule has 7 heteroatoms. The van der Waals surface area contributed by atoms with Crippen molar-refractivity contribution in [3.63, 3.8) is 0 Å². The molecule has 0 unspecified atom stereocenters. The molecule has 0 spiro atoms. The van der Waals surface area contributed by atoms with E-state index in [1.54, 1.807) is 17.7 Å². The van der Waals surface area contributed by atoms with Crippen molar-refractivity contribution in [2.24, 2.45) is 0 Å². The maximum absolute atomic E-state index is 5.99. The third-order valence-electron chi connectivity index (χ3n) is 3.35. The number of aryl methyl sites for hydroxylation is 1. The largest absolute Gasteiger partial charge is 0.364 e. The van der Waals surface area contributed by atoms with Gasteiger partial charge in [-0.1, -0.05) is 11.6 Å². The molecule has 4 aromatic heterocycles. The molecule has 4 aromatic rings. The van der Waals surface area contributed by atoms with Crippen LogP contribution in [0.4, 0.5) is 5.82 Å². The Morgan fingerprint density at radius 3 is 3.09 bits per heavy atom. The van der Waals surface area contributed by atoms with E-state index in [1.165, 1.54) is 4.88 Å². The molecule has 0 fully saturated rings. The zero-order valence-corrected chi connectivity index (χ0v) is 13.3. The number of anilines is 1. The summed E-state index contributed by atoms with van der Waals surface area (Å²) >= 11 is 7.66. The van der Waals surface area contributed by atoms with E-state index in [0.29, 0.717) is 11.6 Å². The van der Waals surface area contributed by atoms with E-state index in [-0.39, 0.29) is 0 Å². The van der Waals surface area contributed by atoms with Crippen molar-refractivity contribution in [1.29, 1.82) is 0 Å². The van der Waals surface area contributed by atoms with Crippen LogP contribution in [0.3, 0.4) is 0 Å². The lowest BCUT2D eigenvalue weighted by Gasteiger charge is -2.03. The van der Waals surface area contributed by atoms with Gasteiger partial charge in [-0.05, 0) is 25.1 Å². The average molecular weight is 330 g/mol. The number of rotatable bonds is 3. The lowest BCUT2D eigenvalue weighted by atomic mass is 10.3. The molecule has 0 radical (unpaired) electrons. The van der Waals surface area contributed by atoms with Crippen molar-refractivity contribution >= 4 is 44.6 Å². The lowest BCUT2D eigenvalue weighted by Crippen LogP contribution is -2.02. The molecule has 0 aromatic carbocycles. The smallest absolute Gasteiger partial charge is 0.138 e. The number of pyridine rings is 1. The zero-order chi connectivity index (χ0) is 15.1. The van der Waals surface area contributed by atoms with Gasteiger partial charge in [0, 0.05) is 17.3 Å². The van der Waals surface area contributed by atoms with Gasteiger partial charge in [0.1, 0.15) is 22.6 Å². The number of nitrogens with one attached hydrogen (secondary N) is 1. The number of aromatic nitrogens is 4. The Balaban J connectivity index is 1.62. The molecule has 0 atom stereocenters. The van der Waals surface area contributed by atoms with Crippen LogP contribution < -0.4 is 5.32 Å². The lowest BCUT2D eigenvalue weighted by molar-refractivity contribution is 1.06. The van der Waals surface area contributed by atoms with Gasteiger partial charge in [0.15, 0.2) is 0 Å². The number of hydrogen-bond donors (Lipinski definition) is 1. The molecular formula is C15H12ClN5S. The maximum Gasteiger partial charge on any atom is 0.138 e. The van der Waals surface area contributed by atoms with Gasteiger partial charge in [0.05, 0.1) is 22.6 Å². The predicted octanol–water partition coefficient (Wildman–Crippen LogP) is 3.91. The molecular weight excluding hydrogens is 318 g/mol. The van der Waals surface area contributed by atoms with Crippen molar-refractivity contribution in [2.75, 3.05) is 5.32 Å². The molecule has 0 bridgehead atoms. The second-order valence-electron chi connectivity index (χ2n) is 5.00. The number of hydrogen-bond acceptors (Lipinski definition) is 5. The molecule has 0 aliphatic heterocycles. The molecule has 0 amide bonds. The van der Waals surface area contributed by atoms with Gasteiger partial charge in [-0.15, -0.1) is 11.3 Å². The standard InChI is InChI=1S/C15H12ClN5S/c1-9-4-12-14(18-8-19-15(12)22-9)17-5-11-7-21-6-10(16)2-3-13(21)20-11/h2-4,6-8H,5H2,1H3,(H,17,18,19). The zero-order valence-electron chi connectivity index (χ0n) is 11.7. The Kier molecular flexibility index (Phi) is 3.20. The Hall–Kier alpha value is -2.18. The van der Waals surface area contributed by atoms with Gasteiger partial charge in [0.2, 0.25) is 0 Å². The molecule has 4 heterocycles. The van der Waals surface area contributed by atoms with Gasteiger partial charge in [0.25, 0.3) is 0 Å². The van der Waals surface area contributed by atoms with Gasteiger partial charge >= 0.3 is 0 Å². The SMILES string of the molecule is Cc1cc2c(NCc3cn4cc(Cl)ccc4n3)ncnc2s1. The predicted molar refractivity (Wildman–Crippen MR) is 89.7 cm³/mol. The Labute approximate surface area is 135 Å². The molecule has 22 heavy (non-hydrogen) atoms. The second-order valence-corrected chi connectivity index (χ2v) is 6.67. The molecule has 0 aliphatic carbocycles. The number of halogens is 1. The number of imidazole rings is 1. The molecule has 5 nitrogen and oxygen atoms in total. The van der Waals surface area contributed by atoms with Crippen LogP contribution in [0.15, 0.2) is 36.9 Å². The third kappa shape index (κ3) is 2.40. The highest BCUT2D eigenvalue weighted by molar-refractivity contribution is 7.18. The van der Waals surface area contributed by atoms with E-state index < -0.39 is 0 Å². The van der Waals surface area contributed by atoms with Crippen LogP contribution in [0.1, 0.15) is 10.6 Å².